The SMILES string of the molecule is COc1ccc(N(CC(=O)N2CCN(C(c3ccccc3)c3ccccc3)CC2)S(=O)(=O)c2ccccc2)cc1OC. The lowest BCUT2D eigenvalue weighted by molar-refractivity contribution is -0.131. The zero-order valence-electron chi connectivity index (χ0n) is 23.8. The van der Waals surface area contributed by atoms with E-state index in [2.05, 4.69) is 29.2 Å². The van der Waals surface area contributed by atoms with Gasteiger partial charge in [-0.1, -0.05) is 78.9 Å². The Balaban J connectivity index is 1.37. The molecule has 0 aromatic heterocycles. The number of hydrogen-bond donors (Lipinski definition) is 0. The summed E-state index contributed by atoms with van der Waals surface area (Å²) in [5, 5.41) is 0. The first-order valence-electron chi connectivity index (χ1n) is 13.8. The van der Waals surface area contributed by atoms with Crippen molar-refractivity contribution in [2.24, 2.45) is 0 Å². The summed E-state index contributed by atoms with van der Waals surface area (Å²) in [5.41, 5.74) is 2.70. The van der Waals surface area contributed by atoms with E-state index in [0.29, 0.717) is 43.4 Å². The molecule has 1 aliphatic heterocycles. The second kappa shape index (κ2) is 13.1. The second-order valence-electron chi connectivity index (χ2n) is 10.0. The largest absolute Gasteiger partial charge is 0.493 e. The monoisotopic (exact) mass is 585 g/mol. The number of methoxy groups -OCH3 is 2. The number of carbonyl (C=O) groups excluding carboxylic acids is 1. The first kappa shape index (κ1) is 29.2. The average Bonchev–Trinajstić information content (AvgIpc) is 3.05. The van der Waals surface area contributed by atoms with Gasteiger partial charge in [-0.3, -0.25) is 14.0 Å². The maximum atomic E-state index is 13.8. The van der Waals surface area contributed by atoms with Crippen LogP contribution < -0.4 is 13.8 Å². The van der Waals surface area contributed by atoms with Crippen LogP contribution in [0.15, 0.2) is 114 Å². The van der Waals surface area contributed by atoms with E-state index in [9.17, 15) is 13.2 Å². The van der Waals surface area contributed by atoms with Crippen molar-refractivity contribution in [3.05, 3.63) is 120 Å². The van der Waals surface area contributed by atoms with Crippen LogP contribution in [0, 0.1) is 0 Å². The van der Waals surface area contributed by atoms with E-state index in [1.807, 2.05) is 36.4 Å². The summed E-state index contributed by atoms with van der Waals surface area (Å²) in [6.45, 7) is 1.94. The molecule has 4 aromatic carbocycles. The molecule has 0 saturated carbocycles. The molecular formula is C33H35N3O5S. The van der Waals surface area contributed by atoms with Crippen LogP contribution in [-0.4, -0.2) is 71.1 Å². The molecule has 1 saturated heterocycles. The molecule has 42 heavy (non-hydrogen) atoms. The number of sulfonamides is 1. The number of anilines is 1. The van der Waals surface area contributed by atoms with Crippen LogP contribution in [0.1, 0.15) is 17.2 Å². The maximum absolute atomic E-state index is 13.8. The Labute approximate surface area is 247 Å². The Bertz CT molecular complexity index is 1540. The predicted octanol–water partition coefficient (Wildman–Crippen LogP) is 4.83. The number of hydrogen-bond acceptors (Lipinski definition) is 6. The van der Waals surface area contributed by atoms with E-state index < -0.39 is 10.0 Å². The lowest BCUT2D eigenvalue weighted by Crippen LogP contribution is -2.52. The van der Waals surface area contributed by atoms with Crippen LogP contribution in [0.4, 0.5) is 5.69 Å². The summed E-state index contributed by atoms with van der Waals surface area (Å²) in [6, 6.07) is 33.7. The number of nitrogens with zero attached hydrogens (tertiary/aromatic N) is 3. The number of amides is 1. The lowest BCUT2D eigenvalue weighted by atomic mass is 9.96. The minimum absolute atomic E-state index is 0.0615. The fourth-order valence-corrected chi connectivity index (χ4v) is 6.78. The minimum atomic E-state index is -4.05. The molecule has 1 heterocycles. The molecule has 0 aliphatic carbocycles. The van der Waals surface area contributed by atoms with Gasteiger partial charge >= 0.3 is 0 Å². The van der Waals surface area contributed by atoms with Crippen molar-refractivity contribution in [2.75, 3.05) is 51.2 Å². The van der Waals surface area contributed by atoms with E-state index >= 15 is 0 Å². The second-order valence-corrected chi connectivity index (χ2v) is 11.9. The minimum Gasteiger partial charge on any atom is -0.493 e. The average molecular weight is 586 g/mol. The molecular weight excluding hydrogens is 550 g/mol. The van der Waals surface area contributed by atoms with Crippen molar-refractivity contribution in [1.82, 2.24) is 9.80 Å². The fourth-order valence-electron chi connectivity index (χ4n) is 5.35. The lowest BCUT2D eigenvalue weighted by Gasteiger charge is -2.40. The zero-order valence-corrected chi connectivity index (χ0v) is 24.6. The van der Waals surface area contributed by atoms with E-state index in [-0.39, 0.29) is 23.4 Å². The van der Waals surface area contributed by atoms with Gasteiger partial charge in [0.25, 0.3) is 10.0 Å². The van der Waals surface area contributed by atoms with Gasteiger partial charge in [-0.25, -0.2) is 8.42 Å². The van der Waals surface area contributed by atoms with Crippen molar-refractivity contribution >= 4 is 21.6 Å². The molecule has 5 rings (SSSR count). The number of benzene rings is 4. The van der Waals surface area contributed by atoms with Gasteiger partial charge in [-0.2, -0.15) is 0 Å². The van der Waals surface area contributed by atoms with Gasteiger partial charge in [0, 0.05) is 32.2 Å². The molecule has 0 atom stereocenters. The highest BCUT2D eigenvalue weighted by atomic mass is 32.2. The number of rotatable bonds is 10. The van der Waals surface area contributed by atoms with E-state index in [4.69, 9.17) is 9.47 Å². The number of ether oxygens (including phenoxy) is 2. The van der Waals surface area contributed by atoms with Crippen LogP contribution in [0.2, 0.25) is 0 Å². The van der Waals surface area contributed by atoms with Crippen molar-refractivity contribution in [1.29, 1.82) is 0 Å². The molecule has 218 valence electrons. The Morgan fingerprint density at radius 1 is 0.738 bits per heavy atom. The van der Waals surface area contributed by atoms with Crippen LogP contribution in [0.25, 0.3) is 0 Å². The fraction of sp³-hybridized carbons (Fsp3) is 0.242. The summed E-state index contributed by atoms with van der Waals surface area (Å²) >= 11 is 0. The Kier molecular flexibility index (Phi) is 9.09. The highest BCUT2D eigenvalue weighted by Crippen LogP contribution is 2.34. The Hall–Kier alpha value is -4.34. The molecule has 1 amide bonds. The van der Waals surface area contributed by atoms with Gasteiger partial charge in [0.05, 0.1) is 30.8 Å². The van der Waals surface area contributed by atoms with Gasteiger partial charge in [-0.05, 0) is 35.4 Å². The third kappa shape index (κ3) is 6.27. The third-order valence-corrected chi connectivity index (χ3v) is 9.32. The first-order valence-corrected chi connectivity index (χ1v) is 15.3. The molecule has 0 N–H and O–H groups in total. The van der Waals surface area contributed by atoms with Gasteiger partial charge in [0.1, 0.15) is 6.54 Å². The van der Waals surface area contributed by atoms with E-state index in [0.717, 1.165) is 4.31 Å². The zero-order chi connectivity index (χ0) is 29.5. The van der Waals surface area contributed by atoms with Crippen molar-refractivity contribution in [2.45, 2.75) is 10.9 Å². The normalized spacial score (nSPS) is 14.0. The summed E-state index contributed by atoms with van der Waals surface area (Å²) in [4.78, 5) is 17.9. The summed E-state index contributed by atoms with van der Waals surface area (Å²) in [7, 11) is -1.05. The van der Waals surface area contributed by atoms with Gasteiger partial charge < -0.3 is 14.4 Å². The molecule has 8 nitrogen and oxygen atoms in total. The number of piperazine rings is 1. The molecule has 0 spiro atoms. The quantitative estimate of drug-likeness (QED) is 0.265. The molecule has 0 radical (unpaired) electrons. The van der Waals surface area contributed by atoms with Crippen molar-refractivity contribution < 1.29 is 22.7 Å². The van der Waals surface area contributed by atoms with Crippen LogP contribution in [0.5, 0.6) is 11.5 Å². The van der Waals surface area contributed by atoms with Crippen molar-refractivity contribution in [3.63, 3.8) is 0 Å². The molecule has 0 bridgehead atoms. The standard InChI is InChI=1S/C33H35N3O5S/c1-40-30-19-18-28(24-31(30)41-2)36(42(38,39)29-16-10-5-11-17-29)25-32(37)34-20-22-35(23-21-34)33(26-12-6-3-7-13-26)27-14-8-4-9-15-27/h3-19,24,33H,20-23,25H2,1-2H3. The summed E-state index contributed by atoms with van der Waals surface area (Å²) in [6.07, 6.45) is 0. The van der Waals surface area contributed by atoms with E-state index in [1.54, 1.807) is 41.3 Å². The predicted molar refractivity (Wildman–Crippen MR) is 163 cm³/mol. The molecule has 1 fully saturated rings. The Morgan fingerprint density at radius 3 is 1.79 bits per heavy atom. The Morgan fingerprint density at radius 2 is 1.26 bits per heavy atom. The van der Waals surface area contributed by atoms with Crippen LogP contribution >= 0.6 is 0 Å². The summed E-state index contributed by atoms with van der Waals surface area (Å²) < 4.78 is 39.6. The van der Waals surface area contributed by atoms with Crippen LogP contribution in [-0.2, 0) is 14.8 Å². The molecule has 4 aromatic rings. The topological polar surface area (TPSA) is 79.4 Å². The maximum Gasteiger partial charge on any atom is 0.264 e. The molecule has 9 heteroatoms. The summed E-state index contributed by atoms with van der Waals surface area (Å²) in [5.74, 6) is 0.573. The van der Waals surface area contributed by atoms with E-state index in [1.165, 1.54) is 37.5 Å². The van der Waals surface area contributed by atoms with Crippen LogP contribution in [0.3, 0.4) is 0 Å². The van der Waals surface area contributed by atoms with Gasteiger partial charge in [-0.15, -0.1) is 0 Å². The molecule has 1 aliphatic rings. The van der Waals surface area contributed by atoms with Gasteiger partial charge in [0.15, 0.2) is 11.5 Å². The first-order chi connectivity index (χ1) is 20.4. The van der Waals surface area contributed by atoms with Gasteiger partial charge in [0.2, 0.25) is 5.91 Å². The van der Waals surface area contributed by atoms with Crippen molar-refractivity contribution in [3.8, 4) is 11.5 Å². The third-order valence-electron chi connectivity index (χ3n) is 7.53. The molecule has 0 unspecified atom stereocenters. The smallest absolute Gasteiger partial charge is 0.264 e. The number of carbonyl (C=O) groups is 1. The highest BCUT2D eigenvalue weighted by Gasteiger charge is 2.32. The highest BCUT2D eigenvalue weighted by molar-refractivity contribution is 7.92.